The second-order valence-electron chi connectivity index (χ2n) is 5.13. The SMILES string of the molecule is CN(C)C1=NC(c2ccnc(Cl)c2)c2ccccc2C1.Cl.Cl. The third-order valence-electron chi connectivity index (χ3n) is 3.56. The van der Waals surface area contributed by atoms with Crippen molar-refractivity contribution >= 4 is 42.3 Å². The number of fused-ring (bicyclic) bond motifs is 1. The van der Waals surface area contributed by atoms with E-state index in [-0.39, 0.29) is 30.9 Å². The summed E-state index contributed by atoms with van der Waals surface area (Å²) in [7, 11) is 4.06. The van der Waals surface area contributed by atoms with Crippen molar-refractivity contribution in [3.05, 3.63) is 64.4 Å². The first-order valence-electron chi connectivity index (χ1n) is 6.58. The maximum Gasteiger partial charge on any atom is 0.129 e. The second-order valence-corrected chi connectivity index (χ2v) is 5.52. The molecule has 0 N–H and O–H groups in total. The molecule has 2 aromatic rings. The topological polar surface area (TPSA) is 28.5 Å². The number of nitrogens with zero attached hydrogens (tertiary/aromatic N) is 3. The highest BCUT2D eigenvalue weighted by Gasteiger charge is 2.23. The molecule has 0 aliphatic carbocycles. The van der Waals surface area contributed by atoms with Crippen LogP contribution in [0.3, 0.4) is 0 Å². The fraction of sp³-hybridized carbons (Fsp3) is 0.250. The van der Waals surface area contributed by atoms with Crippen LogP contribution in [-0.2, 0) is 6.42 Å². The highest BCUT2D eigenvalue weighted by molar-refractivity contribution is 6.29. The van der Waals surface area contributed by atoms with Crippen LogP contribution in [0, 0.1) is 0 Å². The molecular formula is C16H18Cl3N3. The number of amidine groups is 1. The molecule has 0 radical (unpaired) electrons. The second kappa shape index (κ2) is 7.82. The average molecular weight is 359 g/mol. The van der Waals surface area contributed by atoms with Crippen molar-refractivity contribution < 1.29 is 0 Å². The summed E-state index contributed by atoms with van der Waals surface area (Å²) in [5.74, 6) is 1.08. The Morgan fingerprint density at radius 2 is 1.86 bits per heavy atom. The minimum absolute atomic E-state index is 0. The van der Waals surface area contributed by atoms with E-state index in [4.69, 9.17) is 16.6 Å². The summed E-state index contributed by atoms with van der Waals surface area (Å²) in [6.45, 7) is 0. The summed E-state index contributed by atoms with van der Waals surface area (Å²) >= 11 is 6.02. The monoisotopic (exact) mass is 357 g/mol. The van der Waals surface area contributed by atoms with Gasteiger partial charge in [-0.05, 0) is 28.8 Å². The van der Waals surface area contributed by atoms with Crippen LogP contribution < -0.4 is 0 Å². The number of aromatic nitrogens is 1. The quantitative estimate of drug-likeness (QED) is 0.715. The van der Waals surface area contributed by atoms with Crippen molar-refractivity contribution in [3.63, 3.8) is 0 Å². The fourth-order valence-electron chi connectivity index (χ4n) is 2.51. The normalized spacial score (nSPS) is 15.8. The first-order chi connectivity index (χ1) is 9.65. The standard InChI is InChI=1S/C16H16ClN3.2ClH/c1-20(2)15-10-11-5-3-4-6-13(11)16(19-15)12-7-8-18-14(17)9-12;;/h3-9,16H,10H2,1-2H3;2*1H. The first-order valence-corrected chi connectivity index (χ1v) is 6.96. The summed E-state index contributed by atoms with van der Waals surface area (Å²) in [6.07, 6.45) is 2.61. The van der Waals surface area contributed by atoms with E-state index in [0.29, 0.717) is 5.15 Å². The predicted molar refractivity (Wildman–Crippen MR) is 96.9 cm³/mol. The summed E-state index contributed by atoms with van der Waals surface area (Å²) in [5, 5.41) is 0.507. The van der Waals surface area contributed by atoms with Gasteiger partial charge in [0.15, 0.2) is 0 Å². The van der Waals surface area contributed by atoms with Crippen LogP contribution in [0.2, 0.25) is 5.15 Å². The molecule has 0 amide bonds. The zero-order valence-electron chi connectivity index (χ0n) is 12.4. The fourth-order valence-corrected chi connectivity index (χ4v) is 2.69. The van der Waals surface area contributed by atoms with Crippen LogP contribution in [0.15, 0.2) is 47.6 Å². The highest BCUT2D eigenvalue weighted by Crippen LogP contribution is 2.33. The van der Waals surface area contributed by atoms with Gasteiger partial charge in [0.2, 0.25) is 0 Å². The zero-order chi connectivity index (χ0) is 14.1. The number of aliphatic imine (C=N–C) groups is 1. The van der Waals surface area contributed by atoms with Gasteiger partial charge >= 0.3 is 0 Å². The minimum Gasteiger partial charge on any atom is -0.366 e. The van der Waals surface area contributed by atoms with Crippen molar-refractivity contribution in [2.75, 3.05) is 14.1 Å². The smallest absolute Gasteiger partial charge is 0.129 e. The molecule has 1 aromatic heterocycles. The molecule has 0 fully saturated rings. The van der Waals surface area contributed by atoms with E-state index in [2.05, 4.69) is 34.1 Å². The molecule has 3 nitrogen and oxygen atoms in total. The van der Waals surface area contributed by atoms with E-state index in [1.54, 1.807) is 6.20 Å². The molecule has 118 valence electrons. The molecule has 3 rings (SSSR count). The molecule has 0 saturated carbocycles. The Balaban J connectivity index is 0.00000121. The third-order valence-corrected chi connectivity index (χ3v) is 3.77. The Bertz CT molecular complexity index is 671. The first kappa shape index (κ1) is 18.8. The number of pyridine rings is 1. The highest BCUT2D eigenvalue weighted by atomic mass is 35.5. The number of benzene rings is 1. The van der Waals surface area contributed by atoms with Crippen molar-refractivity contribution in [3.8, 4) is 0 Å². The van der Waals surface area contributed by atoms with Crippen LogP contribution in [-0.4, -0.2) is 29.8 Å². The molecule has 1 atom stereocenters. The Morgan fingerprint density at radius 1 is 1.14 bits per heavy atom. The van der Waals surface area contributed by atoms with E-state index in [0.717, 1.165) is 17.8 Å². The van der Waals surface area contributed by atoms with Gasteiger partial charge < -0.3 is 4.90 Å². The number of hydrogen-bond acceptors (Lipinski definition) is 3. The molecule has 1 aliphatic heterocycles. The summed E-state index contributed by atoms with van der Waals surface area (Å²) in [5.41, 5.74) is 3.65. The molecule has 1 unspecified atom stereocenters. The molecule has 2 heterocycles. The van der Waals surface area contributed by atoms with Crippen molar-refractivity contribution in [1.82, 2.24) is 9.88 Å². The molecule has 0 spiro atoms. The largest absolute Gasteiger partial charge is 0.366 e. The number of halogens is 3. The van der Waals surface area contributed by atoms with E-state index < -0.39 is 0 Å². The summed E-state index contributed by atoms with van der Waals surface area (Å²) < 4.78 is 0. The summed E-state index contributed by atoms with van der Waals surface area (Å²) in [4.78, 5) is 11.0. The van der Waals surface area contributed by atoms with E-state index in [9.17, 15) is 0 Å². The van der Waals surface area contributed by atoms with Gasteiger partial charge in [-0.25, -0.2) is 4.98 Å². The average Bonchev–Trinajstić information content (AvgIpc) is 2.46. The number of hydrogen-bond donors (Lipinski definition) is 0. The molecule has 22 heavy (non-hydrogen) atoms. The molecular weight excluding hydrogens is 341 g/mol. The van der Waals surface area contributed by atoms with Crippen molar-refractivity contribution in [1.29, 1.82) is 0 Å². The van der Waals surface area contributed by atoms with Gasteiger partial charge in [0, 0.05) is 26.7 Å². The molecule has 6 heteroatoms. The minimum atomic E-state index is -0.00199. The van der Waals surface area contributed by atoms with Crippen molar-refractivity contribution in [2.45, 2.75) is 12.5 Å². The Kier molecular flexibility index (Phi) is 6.66. The Labute approximate surface area is 148 Å². The lowest BCUT2D eigenvalue weighted by Gasteiger charge is -2.27. The predicted octanol–water partition coefficient (Wildman–Crippen LogP) is 4.18. The van der Waals surface area contributed by atoms with E-state index in [1.165, 1.54) is 11.1 Å². The zero-order valence-corrected chi connectivity index (χ0v) is 14.8. The molecule has 0 saturated heterocycles. The van der Waals surface area contributed by atoms with Gasteiger partial charge in [-0.1, -0.05) is 35.9 Å². The van der Waals surface area contributed by atoms with Crippen LogP contribution in [0.25, 0.3) is 0 Å². The number of likely N-dealkylation sites (N-methyl/N-ethyl adjacent to an activating group) is 1. The number of rotatable bonds is 1. The van der Waals surface area contributed by atoms with Gasteiger partial charge in [-0.15, -0.1) is 24.8 Å². The van der Waals surface area contributed by atoms with E-state index >= 15 is 0 Å². The maximum absolute atomic E-state index is 6.02. The van der Waals surface area contributed by atoms with Gasteiger partial charge in [0.1, 0.15) is 17.0 Å². The van der Waals surface area contributed by atoms with Gasteiger partial charge in [-0.2, -0.15) is 0 Å². The summed E-state index contributed by atoms with van der Waals surface area (Å²) in [6, 6.07) is 12.3. The lowest BCUT2D eigenvalue weighted by Crippen LogP contribution is -2.28. The van der Waals surface area contributed by atoms with Gasteiger partial charge in [-0.3, -0.25) is 4.99 Å². The van der Waals surface area contributed by atoms with Crippen LogP contribution in [0.5, 0.6) is 0 Å². The lowest BCUT2D eigenvalue weighted by molar-refractivity contribution is 0.592. The van der Waals surface area contributed by atoms with Gasteiger partial charge in [0.25, 0.3) is 0 Å². The molecule has 1 aromatic carbocycles. The molecule has 1 aliphatic rings. The van der Waals surface area contributed by atoms with Gasteiger partial charge in [0.05, 0.1) is 0 Å². The van der Waals surface area contributed by atoms with Crippen LogP contribution in [0.1, 0.15) is 22.7 Å². The Morgan fingerprint density at radius 3 is 2.55 bits per heavy atom. The van der Waals surface area contributed by atoms with E-state index in [1.807, 2.05) is 26.2 Å². The van der Waals surface area contributed by atoms with Crippen LogP contribution in [0.4, 0.5) is 0 Å². The third kappa shape index (κ3) is 3.72. The maximum atomic E-state index is 6.02. The van der Waals surface area contributed by atoms with Crippen LogP contribution >= 0.6 is 36.4 Å². The lowest BCUT2D eigenvalue weighted by atomic mass is 9.91. The van der Waals surface area contributed by atoms with Crippen molar-refractivity contribution in [2.24, 2.45) is 4.99 Å². The Hall–Kier alpha value is -1.29. The molecule has 0 bridgehead atoms.